The number of anilines is 1. The molecule has 0 aliphatic carbocycles. The van der Waals surface area contributed by atoms with Gasteiger partial charge in [0.2, 0.25) is 5.88 Å². The minimum Gasteiger partial charge on any atom is -0.447 e. The number of nitrogens with one attached hydrogen (secondary N) is 2. The van der Waals surface area contributed by atoms with Gasteiger partial charge in [-0.05, 0) is 50.5 Å². The van der Waals surface area contributed by atoms with Crippen molar-refractivity contribution in [1.29, 1.82) is 0 Å². The molecule has 1 amide bonds. The highest BCUT2D eigenvalue weighted by Crippen LogP contribution is 2.26. The second-order valence-corrected chi connectivity index (χ2v) is 9.54. The van der Waals surface area contributed by atoms with Gasteiger partial charge in [-0.2, -0.15) is 9.78 Å². The summed E-state index contributed by atoms with van der Waals surface area (Å²) in [5, 5.41) is 9.60. The van der Waals surface area contributed by atoms with Crippen molar-refractivity contribution in [2.24, 2.45) is 0 Å². The zero-order valence-corrected chi connectivity index (χ0v) is 21.8. The zero-order valence-electron chi connectivity index (χ0n) is 21.1. The van der Waals surface area contributed by atoms with E-state index < -0.39 is 17.3 Å². The summed E-state index contributed by atoms with van der Waals surface area (Å²) in [6.45, 7) is 4.39. The fraction of sp³-hybridized carbons (Fsp3) is 0.385. The van der Waals surface area contributed by atoms with Crippen LogP contribution in [0.3, 0.4) is 0 Å². The van der Waals surface area contributed by atoms with E-state index >= 15 is 0 Å². The van der Waals surface area contributed by atoms with E-state index in [1.54, 1.807) is 38.1 Å². The van der Waals surface area contributed by atoms with Crippen molar-refractivity contribution in [3.63, 3.8) is 0 Å². The Labute approximate surface area is 224 Å². The van der Waals surface area contributed by atoms with Gasteiger partial charge in [0.05, 0.1) is 43.0 Å². The maximum atomic E-state index is 14.8. The first-order valence-electron chi connectivity index (χ1n) is 12.2. The highest BCUT2D eigenvalue weighted by Gasteiger charge is 2.32. The highest BCUT2D eigenvalue weighted by atomic mass is 35.5. The van der Waals surface area contributed by atoms with E-state index in [1.165, 1.54) is 12.4 Å². The van der Waals surface area contributed by atoms with E-state index in [2.05, 4.69) is 20.7 Å². The molecule has 1 aromatic carbocycles. The van der Waals surface area contributed by atoms with Crippen LogP contribution >= 0.6 is 11.6 Å². The number of amides is 1. The number of pyridine rings is 1. The second kappa shape index (κ2) is 12.2. The van der Waals surface area contributed by atoms with Gasteiger partial charge in [-0.3, -0.25) is 4.79 Å². The van der Waals surface area contributed by atoms with E-state index in [-0.39, 0.29) is 30.0 Å². The van der Waals surface area contributed by atoms with Gasteiger partial charge in [0, 0.05) is 19.2 Å². The van der Waals surface area contributed by atoms with Crippen molar-refractivity contribution in [2.75, 3.05) is 25.1 Å². The van der Waals surface area contributed by atoms with Gasteiger partial charge in [-0.25, -0.2) is 14.2 Å². The van der Waals surface area contributed by atoms with Gasteiger partial charge in [-0.1, -0.05) is 23.7 Å². The predicted octanol–water partition coefficient (Wildman–Crippen LogP) is 4.64. The van der Waals surface area contributed by atoms with Crippen LogP contribution in [0.25, 0.3) is 5.69 Å². The predicted molar refractivity (Wildman–Crippen MR) is 140 cm³/mol. The average Bonchev–Trinajstić information content (AvgIpc) is 2.90. The lowest BCUT2D eigenvalue weighted by atomic mass is 9.99. The Hall–Kier alpha value is -3.70. The molecule has 10 nitrogen and oxygen atoms in total. The number of hydrogen-bond acceptors (Lipinski definition) is 8. The number of alkyl halides is 1. The number of rotatable bonds is 9. The Morgan fingerprint density at radius 2 is 2.03 bits per heavy atom. The third-order valence-electron chi connectivity index (χ3n) is 5.68. The van der Waals surface area contributed by atoms with E-state index in [0.29, 0.717) is 43.3 Å². The number of carbonyl (C=O) groups is 1. The first-order valence-corrected chi connectivity index (χ1v) is 12.6. The van der Waals surface area contributed by atoms with Gasteiger partial charge in [0.1, 0.15) is 10.8 Å². The molecule has 1 aliphatic heterocycles. The normalized spacial score (nSPS) is 17.2. The molecule has 38 heavy (non-hydrogen) atoms. The van der Waals surface area contributed by atoms with Crippen LogP contribution in [0.15, 0.2) is 53.6 Å². The fourth-order valence-electron chi connectivity index (χ4n) is 3.74. The number of benzene rings is 1. The maximum Gasteiger partial charge on any atom is 0.407 e. The Balaban J connectivity index is 1.35. The lowest BCUT2D eigenvalue weighted by Gasteiger charge is -2.29. The summed E-state index contributed by atoms with van der Waals surface area (Å²) in [4.78, 5) is 28.6. The number of halogens is 2. The van der Waals surface area contributed by atoms with E-state index in [0.717, 1.165) is 10.2 Å². The first kappa shape index (κ1) is 27.3. The molecule has 2 aromatic heterocycles. The van der Waals surface area contributed by atoms with Crippen LogP contribution in [0, 0.1) is 0 Å². The van der Waals surface area contributed by atoms with Crippen LogP contribution in [-0.2, 0) is 16.0 Å². The molecule has 0 saturated carbocycles. The van der Waals surface area contributed by atoms with Crippen LogP contribution in [0.5, 0.6) is 11.6 Å². The van der Waals surface area contributed by atoms with Crippen molar-refractivity contribution < 1.29 is 23.4 Å². The molecule has 1 fully saturated rings. The lowest BCUT2D eigenvalue weighted by molar-refractivity contribution is -0.0234. The van der Waals surface area contributed by atoms with Gasteiger partial charge in [0.15, 0.2) is 5.67 Å². The first-order chi connectivity index (χ1) is 18.2. The molecule has 1 aliphatic rings. The highest BCUT2D eigenvalue weighted by molar-refractivity contribution is 6.32. The molecule has 3 aromatic rings. The van der Waals surface area contributed by atoms with Crippen LogP contribution < -0.4 is 20.9 Å². The molecular formula is C26H29ClFN5O5. The summed E-state index contributed by atoms with van der Waals surface area (Å²) in [5.74, 6) is 0.849. The van der Waals surface area contributed by atoms with Crippen LogP contribution in [0.4, 0.5) is 14.9 Å². The quantitative estimate of drug-likeness (QED) is 0.399. The number of carbonyl (C=O) groups excluding carboxylic acids is 1. The van der Waals surface area contributed by atoms with Crippen molar-refractivity contribution >= 4 is 23.4 Å². The standard InChI is InChI=1S/C26H29ClFN5O5/c1-17(2)37-25(35)30-12-18-4-7-20(8-5-18)38-22-9-6-19(13-29-22)33-24(34)23(27)21(14-32-33)31-15-26(28)10-3-11-36-16-26/h4-9,13-14,17,31H,3,10-12,15-16H2,1-2H3,(H,30,35)/t26-/m0/s1. The monoisotopic (exact) mass is 545 g/mol. The molecule has 0 unspecified atom stereocenters. The number of hydrogen-bond donors (Lipinski definition) is 2. The van der Waals surface area contributed by atoms with Crippen molar-refractivity contribution in [3.05, 3.63) is 69.7 Å². The summed E-state index contributed by atoms with van der Waals surface area (Å²) in [5.41, 5.74) is -0.585. The largest absolute Gasteiger partial charge is 0.447 e. The third-order valence-corrected chi connectivity index (χ3v) is 6.04. The molecule has 0 spiro atoms. The lowest BCUT2D eigenvalue weighted by Crippen LogP contribution is -2.40. The summed E-state index contributed by atoms with van der Waals surface area (Å²) < 4.78 is 31.9. The Bertz CT molecular complexity index is 1290. The van der Waals surface area contributed by atoms with Crippen LogP contribution in [0.1, 0.15) is 32.3 Å². The van der Waals surface area contributed by atoms with Gasteiger partial charge in [0.25, 0.3) is 5.56 Å². The van der Waals surface area contributed by atoms with Crippen LogP contribution in [-0.4, -0.2) is 52.4 Å². The summed E-state index contributed by atoms with van der Waals surface area (Å²) in [6, 6.07) is 10.3. The molecule has 1 saturated heterocycles. The molecule has 4 rings (SSSR count). The Morgan fingerprint density at radius 3 is 2.68 bits per heavy atom. The van der Waals surface area contributed by atoms with Gasteiger partial charge >= 0.3 is 6.09 Å². The minimum atomic E-state index is -1.52. The third kappa shape index (κ3) is 7.20. The molecule has 12 heteroatoms. The van der Waals surface area contributed by atoms with E-state index in [1.807, 2.05) is 12.1 Å². The van der Waals surface area contributed by atoms with Crippen molar-refractivity contribution in [1.82, 2.24) is 20.1 Å². The molecule has 2 N–H and O–H groups in total. The fourth-order valence-corrected chi connectivity index (χ4v) is 3.93. The average molecular weight is 546 g/mol. The van der Waals surface area contributed by atoms with Gasteiger partial charge < -0.3 is 24.8 Å². The second-order valence-electron chi connectivity index (χ2n) is 9.16. The molecule has 0 bridgehead atoms. The SMILES string of the molecule is CC(C)OC(=O)NCc1ccc(Oc2ccc(-n3ncc(NC[C@@]4(F)CCCOC4)c(Cl)c3=O)cn2)cc1. The van der Waals surface area contributed by atoms with Crippen molar-refractivity contribution in [3.8, 4) is 17.3 Å². The smallest absolute Gasteiger partial charge is 0.407 e. The molecule has 202 valence electrons. The molecule has 0 radical (unpaired) electrons. The minimum absolute atomic E-state index is 0.00155. The summed E-state index contributed by atoms with van der Waals surface area (Å²) in [6.07, 6.45) is 3.15. The molecular weight excluding hydrogens is 517 g/mol. The van der Waals surface area contributed by atoms with Crippen LogP contribution in [0.2, 0.25) is 5.02 Å². The van der Waals surface area contributed by atoms with E-state index in [9.17, 15) is 14.0 Å². The topological polar surface area (TPSA) is 117 Å². The molecule has 3 heterocycles. The number of nitrogens with zero attached hydrogens (tertiary/aromatic N) is 3. The number of aromatic nitrogens is 3. The van der Waals surface area contributed by atoms with E-state index in [4.69, 9.17) is 25.8 Å². The Morgan fingerprint density at radius 1 is 1.24 bits per heavy atom. The summed E-state index contributed by atoms with van der Waals surface area (Å²) in [7, 11) is 0. The Kier molecular flexibility index (Phi) is 8.80. The van der Waals surface area contributed by atoms with Crippen molar-refractivity contribution in [2.45, 2.75) is 45.0 Å². The maximum absolute atomic E-state index is 14.8. The number of alkyl carbamates (subject to hydrolysis) is 1. The van der Waals surface area contributed by atoms with Gasteiger partial charge in [-0.15, -0.1) is 0 Å². The molecule has 1 atom stereocenters. The number of ether oxygens (including phenoxy) is 3. The zero-order chi connectivity index (χ0) is 27.1. The summed E-state index contributed by atoms with van der Waals surface area (Å²) >= 11 is 6.26.